The first-order valence-electron chi connectivity index (χ1n) is 12.7. The number of carbonyl (C=O) groups is 2. The average molecular weight is 510 g/mol. The lowest BCUT2D eigenvalue weighted by molar-refractivity contribution is -0.140. The van der Waals surface area contributed by atoms with Gasteiger partial charge in [-0.15, -0.1) is 0 Å². The molecule has 2 heterocycles. The Balaban J connectivity index is 1.87. The Morgan fingerprint density at radius 3 is 2.43 bits per heavy atom. The van der Waals surface area contributed by atoms with E-state index in [0.29, 0.717) is 41.6 Å². The largest absolute Gasteiger partial charge is 0.507 e. The molecule has 2 atom stereocenters. The summed E-state index contributed by atoms with van der Waals surface area (Å²) in [5.74, 6) is 0.238. The lowest BCUT2D eigenvalue weighted by Crippen LogP contribution is -2.36. The van der Waals surface area contributed by atoms with E-state index >= 15 is 0 Å². The molecule has 4 rings (SSSR count). The summed E-state index contributed by atoms with van der Waals surface area (Å²) in [4.78, 5) is 28.3. The number of amides is 1. The van der Waals surface area contributed by atoms with Crippen LogP contribution in [0.5, 0.6) is 17.2 Å². The van der Waals surface area contributed by atoms with Gasteiger partial charge in [0.25, 0.3) is 11.7 Å². The minimum Gasteiger partial charge on any atom is -0.507 e. The number of ether oxygens (including phenoxy) is 4. The molecule has 0 bridgehead atoms. The van der Waals surface area contributed by atoms with Gasteiger partial charge in [0.2, 0.25) is 0 Å². The van der Waals surface area contributed by atoms with Gasteiger partial charge in [0.15, 0.2) is 11.5 Å². The predicted molar refractivity (Wildman–Crippen MR) is 139 cm³/mol. The molecule has 2 saturated heterocycles. The van der Waals surface area contributed by atoms with E-state index in [1.807, 2.05) is 26.8 Å². The average Bonchev–Trinajstić information content (AvgIpc) is 3.50. The van der Waals surface area contributed by atoms with Crippen LogP contribution in [0.2, 0.25) is 0 Å². The highest BCUT2D eigenvalue weighted by Gasteiger charge is 2.47. The molecular formula is C29H35NO7. The first-order valence-corrected chi connectivity index (χ1v) is 12.7. The van der Waals surface area contributed by atoms with Crippen LogP contribution in [-0.2, 0) is 14.3 Å². The monoisotopic (exact) mass is 509 g/mol. The summed E-state index contributed by atoms with van der Waals surface area (Å²) < 4.78 is 22.5. The Bertz CT molecular complexity index is 1200. The quantitative estimate of drug-likeness (QED) is 0.294. The summed E-state index contributed by atoms with van der Waals surface area (Å²) >= 11 is 0. The number of methoxy groups -OCH3 is 2. The van der Waals surface area contributed by atoms with Crippen molar-refractivity contribution in [3.05, 3.63) is 58.7 Å². The van der Waals surface area contributed by atoms with E-state index in [4.69, 9.17) is 18.9 Å². The fraction of sp³-hybridized carbons (Fsp3) is 0.448. The molecule has 1 amide bonds. The lowest BCUT2D eigenvalue weighted by atomic mass is 9.93. The SMILES string of the molecule is CCOc1ccc(C2/C(=C(\O)c3ccc(OC)c(C(C)C)c3)C(=O)C(=O)N2CC2CCCO2)cc1OC. The highest BCUT2D eigenvalue weighted by molar-refractivity contribution is 6.46. The highest BCUT2D eigenvalue weighted by Crippen LogP contribution is 2.43. The van der Waals surface area contributed by atoms with Crippen molar-refractivity contribution in [2.45, 2.75) is 51.7 Å². The van der Waals surface area contributed by atoms with E-state index in [-0.39, 0.29) is 29.9 Å². The molecule has 2 aromatic rings. The minimum atomic E-state index is -0.807. The summed E-state index contributed by atoms with van der Waals surface area (Å²) in [5.41, 5.74) is 2.01. The molecule has 2 aromatic carbocycles. The van der Waals surface area contributed by atoms with Crippen LogP contribution < -0.4 is 14.2 Å². The van der Waals surface area contributed by atoms with Crippen LogP contribution in [0.1, 0.15) is 62.3 Å². The summed E-state index contributed by atoms with van der Waals surface area (Å²) in [6.45, 7) is 7.26. The van der Waals surface area contributed by atoms with Crippen molar-refractivity contribution in [3.63, 3.8) is 0 Å². The zero-order valence-corrected chi connectivity index (χ0v) is 22.1. The standard InChI is InChI=1S/C29H35NO7/c1-6-36-23-12-9-18(15-24(23)35-5)26-25(28(32)29(33)30(26)16-20-8-7-13-37-20)27(31)19-10-11-22(34-4)21(14-19)17(2)3/h9-12,14-15,17,20,26,31H,6-8,13,16H2,1-5H3/b27-25+. The van der Waals surface area contributed by atoms with Gasteiger partial charge in [-0.3, -0.25) is 9.59 Å². The Labute approximate surface area is 217 Å². The number of hydrogen-bond acceptors (Lipinski definition) is 7. The summed E-state index contributed by atoms with van der Waals surface area (Å²) in [7, 11) is 3.13. The van der Waals surface area contributed by atoms with E-state index in [9.17, 15) is 14.7 Å². The number of ketones is 1. The lowest BCUT2D eigenvalue weighted by Gasteiger charge is -2.28. The molecular weight excluding hydrogens is 474 g/mol. The van der Waals surface area contributed by atoms with Crippen molar-refractivity contribution >= 4 is 17.4 Å². The number of likely N-dealkylation sites (tertiary alicyclic amines) is 1. The fourth-order valence-corrected chi connectivity index (χ4v) is 5.04. The third-order valence-electron chi connectivity index (χ3n) is 6.89. The van der Waals surface area contributed by atoms with Crippen molar-refractivity contribution in [1.82, 2.24) is 4.90 Å². The molecule has 2 unspecified atom stereocenters. The highest BCUT2D eigenvalue weighted by atomic mass is 16.5. The number of carbonyl (C=O) groups excluding carboxylic acids is 2. The molecule has 0 saturated carbocycles. The second-order valence-electron chi connectivity index (χ2n) is 9.54. The van der Waals surface area contributed by atoms with Gasteiger partial charge >= 0.3 is 0 Å². The number of benzene rings is 2. The van der Waals surface area contributed by atoms with E-state index in [1.54, 1.807) is 37.4 Å². The maximum Gasteiger partial charge on any atom is 0.295 e. The molecule has 0 aliphatic carbocycles. The zero-order valence-electron chi connectivity index (χ0n) is 22.1. The van der Waals surface area contributed by atoms with Crippen LogP contribution in [0.3, 0.4) is 0 Å². The Kier molecular flexibility index (Phi) is 8.07. The molecule has 37 heavy (non-hydrogen) atoms. The van der Waals surface area contributed by atoms with E-state index in [0.717, 1.165) is 18.4 Å². The minimum absolute atomic E-state index is 0.0362. The van der Waals surface area contributed by atoms with Crippen LogP contribution in [0.15, 0.2) is 42.0 Å². The van der Waals surface area contributed by atoms with Gasteiger partial charge in [0.1, 0.15) is 11.5 Å². The molecule has 8 nitrogen and oxygen atoms in total. The molecule has 198 valence electrons. The Hall–Kier alpha value is -3.52. The van der Waals surface area contributed by atoms with Crippen LogP contribution in [-0.4, -0.2) is 61.8 Å². The number of nitrogens with zero attached hydrogens (tertiary/aromatic N) is 1. The summed E-state index contributed by atoms with van der Waals surface area (Å²) in [6.07, 6.45) is 1.54. The van der Waals surface area contributed by atoms with Gasteiger partial charge in [-0.2, -0.15) is 0 Å². The second-order valence-corrected chi connectivity index (χ2v) is 9.54. The van der Waals surface area contributed by atoms with Gasteiger partial charge in [-0.1, -0.05) is 19.9 Å². The first kappa shape index (κ1) is 26.5. The maximum atomic E-state index is 13.4. The van der Waals surface area contributed by atoms with Crippen molar-refractivity contribution in [2.24, 2.45) is 0 Å². The second kappa shape index (κ2) is 11.3. The smallest absolute Gasteiger partial charge is 0.295 e. The molecule has 0 spiro atoms. The molecule has 1 N–H and O–H groups in total. The third-order valence-corrected chi connectivity index (χ3v) is 6.89. The van der Waals surface area contributed by atoms with Crippen molar-refractivity contribution in [3.8, 4) is 17.2 Å². The van der Waals surface area contributed by atoms with Gasteiger partial charge in [0, 0.05) is 18.7 Å². The van der Waals surface area contributed by atoms with Gasteiger partial charge < -0.3 is 29.0 Å². The molecule has 2 aliphatic rings. The van der Waals surface area contributed by atoms with E-state index < -0.39 is 17.7 Å². The van der Waals surface area contributed by atoms with Crippen molar-refractivity contribution in [2.75, 3.05) is 34.0 Å². The van der Waals surface area contributed by atoms with Crippen LogP contribution in [0, 0.1) is 0 Å². The fourth-order valence-electron chi connectivity index (χ4n) is 5.04. The first-order chi connectivity index (χ1) is 17.8. The molecule has 0 radical (unpaired) electrons. The van der Waals surface area contributed by atoms with Crippen LogP contribution in [0.25, 0.3) is 5.76 Å². The summed E-state index contributed by atoms with van der Waals surface area (Å²) in [5, 5.41) is 11.5. The van der Waals surface area contributed by atoms with E-state index in [2.05, 4.69) is 0 Å². The molecule has 2 aliphatic heterocycles. The normalized spacial score (nSPS) is 21.1. The third kappa shape index (κ3) is 5.16. The van der Waals surface area contributed by atoms with Crippen molar-refractivity contribution in [1.29, 1.82) is 0 Å². The molecule has 8 heteroatoms. The van der Waals surface area contributed by atoms with Gasteiger partial charge in [-0.05, 0) is 67.1 Å². The van der Waals surface area contributed by atoms with Crippen LogP contribution >= 0.6 is 0 Å². The molecule has 2 fully saturated rings. The van der Waals surface area contributed by atoms with Gasteiger partial charge in [-0.25, -0.2) is 0 Å². The predicted octanol–water partition coefficient (Wildman–Crippen LogP) is 4.83. The number of aliphatic hydroxyl groups excluding tert-OH is 1. The summed E-state index contributed by atoms with van der Waals surface area (Å²) in [6, 6.07) is 9.78. The van der Waals surface area contributed by atoms with E-state index in [1.165, 1.54) is 12.0 Å². The number of hydrogen-bond donors (Lipinski definition) is 1. The van der Waals surface area contributed by atoms with Crippen LogP contribution in [0.4, 0.5) is 0 Å². The number of rotatable bonds is 9. The van der Waals surface area contributed by atoms with Gasteiger partial charge in [0.05, 0.1) is 38.5 Å². The Morgan fingerprint density at radius 2 is 1.81 bits per heavy atom. The Morgan fingerprint density at radius 1 is 1.08 bits per heavy atom. The molecule has 0 aromatic heterocycles. The van der Waals surface area contributed by atoms with Crippen molar-refractivity contribution < 1.29 is 33.6 Å². The number of aliphatic hydroxyl groups is 1. The maximum absolute atomic E-state index is 13.4. The number of Topliss-reactive ketones (excluding diaryl/α,β-unsaturated/α-hetero) is 1. The zero-order chi connectivity index (χ0) is 26.7. The topological polar surface area (TPSA) is 94.5 Å².